The van der Waals surface area contributed by atoms with Gasteiger partial charge in [-0.2, -0.15) is 0 Å². The first-order chi connectivity index (χ1) is 8.54. The largest absolute Gasteiger partial charge is 0.417 e. The molecule has 1 atom stereocenters. The minimum absolute atomic E-state index is 0.193. The fourth-order valence-corrected chi connectivity index (χ4v) is 3.17. The Kier molecular flexibility index (Phi) is 4.73. The highest BCUT2D eigenvalue weighted by atomic mass is 28.4. The van der Waals surface area contributed by atoms with Crippen molar-refractivity contribution in [1.82, 2.24) is 0 Å². The predicted molar refractivity (Wildman–Crippen MR) is 82.7 cm³/mol. The Morgan fingerprint density at radius 2 is 1.95 bits per heavy atom. The highest BCUT2D eigenvalue weighted by Gasteiger charge is 2.39. The lowest BCUT2D eigenvalue weighted by molar-refractivity contribution is 0.164. The molecule has 0 heterocycles. The van der Waals surface area contributed by atoms with Crippen molar-refractivity contribution >= 4 is 8.32 Å². The van der Waals surface area contributed by atoms with Crippen molar-refractivity contribution in [2.75, 3.05) is 6.61 Å². The van der Waals surface area contributed by atoms with Crippen LogP contribution in [0.1, 0.15) is 40.5 Å². The molecule has 1 unspecified atom stereocenters. The molecular formula is C16H28O2Si. The first-order valence-electron chi connectivity index (χ1n) is 7.06. The summed E-state index contributed by atoms with van der Waals surface area (Å²) < 4.78 is 6.18. The van der Waals surface area contributed by atoms with E-state index in [1.807, 2.05) is 6.92 Å². The molecule has 2 nitrogen and oxygen atoms in total. The molecule has 19 heavy (non-hydrogen) atoms. The van der Waals surface area contributed by atoms with Gasteiger partial charge in [-0.1, -0.05) is 39.3 Å². The van der Waals surface area contributed by atoms with Crippen molar-refractivity contribution in [3.63, 3.8) is 0 Å². The number of hydrogen-bond acceptors (Lipinski definition) is 1. The molecule has 0 saturated carbocycles. The van der Waals surface area contributed by atoms with Gasteiger partial charge < -0.3 is 4.43 Å². The summed E-state index contributed by atoms with van der Waals surface area (Å²) >= 11 is 0. The van der Waals surface area contributed by atoms with Gasteiger partial charge in [0.15, 0.2) is 14.1 Å². The average Bonchev–Trinajstić information content (AvgIpc) is 2.52. The van der Waals surface area contributed by atoms with Gasteiger partial charge in [0.25, 0.3) is 0 Å². The van der Waals surface area contributed by atoms with Crippen molar-refractivity contribution in [3.05, 3.63) is 30.4 Å². The zero-order valence-corrected chi connectivity index (χ0v) is 14.3. The molecule has 2 radical (unpaired) electrons. The minimum atomic E-state index is -1.72. The van der Waals surface area contributed by atoms with Crippen LogP contribution in [-0.2, 0) is 9.53 Å². The van der Waals surface area contributed by atoms with E-state index < -0.39 is 13.7 Å². The van der Waals surface area contributed by atoms with Gasteiger partial charge in [0.05, 0.1) is 5.41 Å². The van der Waals surface area contributed by atoms with Crippen LogP contribution in [0.3, 0.4) is 0 Å². The monoisotopic (exact) mass is 280 g/mol. The van der Waals surface area contributed by atoms with Gasteiger partial charge in [0.1, 0.15) is 0 Å². The van der Waals surface area contributed by atoms with E-state index in [0.717, 1.165) is 12.0 Å². The van der Waals surface area contributed by atoms with Crippen LogP contribution in [0.2, 0.25) is 18.1 Å². The van der Waals surface area contributed by atoms with Gasteiger partial charge in [-0.15, -0.1) is 0 Å². The van der Waals surface area contributed by atoms with Gasteiger partial charge in [0.2, 0.25) is 0 Å². The van der Waals surface area contributed by atoms with Gasteiger partial charge >= 0.3 is 0 Å². The molecule has 0 amide bonds. The summed E-state index contributed by atoms with van der Waals surface area (Å²) in [6.45, 7) is 17.8. The van der Waals surface area contributed by atoms with Crippen LogP contribution < -0.4 is 0 Å². The minimum Gasteiger partial charge on any atom is -0.417 e. The van der Waals surface area contributed by atoms with E-state index >= 15 is 0 Å². The van der Waals surface area contributed by atoms with Crippen LogP contribution in [0.4, 0.5) is 0 Å². The van der Waals surface area contributed by atoms with E-state index in [-0.39, 0.29) is 10.8 Å². The summed E-state index contributed by atoms with van der Waals surface area (Å²) in [5.74, 6) is 0.193. The Labute approximate surface area is 119 Å². The van der Waals surface area contributed by atoms with E-state index in [4.69, 9.17) is 4.43 Å². The third-order valence-electron chi connectivity index (χ3n) is 4.62. The fraction of sp³-hybridized carbons (Fsp3) is 0.688. The lowest BCUT2D eigenvalue weighted by Crippen LogP contribution is -2.41. The standard InChI is InChI=1S/C16H28O2Si/c1-8-16(12-13(2)11-14(16)17)9-10-18-19(6,7)15(3,4)5/h11-12H,1,8-10H2,2-7H3. The second kappa shape index (κ2) is 5.45. The van der Waals surface area contributed by atoms with E-state index in [0.29, 0.717) is 13.0 Å². The van der Waals surface area contributed by atoms with Crippen LogP contribution >= 0.6 is 0 Å². The molecule has 0 bridgehead atoms. The predicted octanol–water partition coefficient (Wildman–Crippen LogP) is 4.88. The highest BCUT2D eigenvalue weighted by Crippen LogP contribution is 2.43. The maximum Gasteiger partial charge on any atom is 0.191 e. The zero-order valence-electron chi connectivity index (χ0n) is 13.3. The molecule has 1 rings (SSSR count). The lowest BCUT2D eigenvalue weighted by atomic mass is 9.82. The topological polar surface area (TPSA) is 29.1 Å². The normalized spacial score (nSPS) is 24.4. The molecule has 0 aromatic carbocycles. The molecule has 0 fully saturated rings. The maximum absolute atomic E-state index is 12.1. The zero-order chi connectivity index (χ0) is 14.9. The molecule has 0 aliphatic heterocycles. The quantitative estimate of drug-likeness (QED) is 0.660. The molecule has 0 saturated heterocycles. The van der Waals surface area contributed by atoms with Crippen molar-refractivity contribution in [1.29, 1.82) is 0 Å². The molecule has 3 heteroatoms. The first kappa shape index (κ1) is 16.5. The Bertz CT molecular complexity index is 388. The Morgan fingerprint density at radius 1 is 1.37 bits per heavy atom. The van der Waals surface area contributed by atoms with E-state index in [9.17, 15) is 5.11 Å². The van der Waals surface area contributed by atoms with Gasteiger partial charge in [-0.05, 0) is 44.0 Å². The van der Waals surface area contributed by atoms with Crippen LogP contribution in [0, 0.1) is 12.3 Å². The molecule has 1 aliphatic carbocycles. The van der Waals surface area contributed by atoms with Crippen molar-refractivity contribution in [2.45, 2.75) is 58.7 Å². The summed E-state index contributed by atoms with van der Waals surface area (Å²) in [6.07, 6.45) is 5.16. The van der Waals surface area contributed by atoms with Crippen molar-refractivity contribution in [3.8, 4) is 0 Å². The summed E-state index contributed by atoms with van der Waals surface area (Å²) in [5, 5.41) is 12.3. The molecule has 0 spiro atoms. The summed E-state index contributed by atoms with van der Waals surface area (Å²) in [5.41, 5.74) is 0.646. The van der Waals surface area contributed by atoms with Gasteiger partial charge in [-0.25, -0.2) is 0 Å². The fourth-order valence-electron chi connectivity index (χ4n) is 2.12. The number of hydrogen-bond donors (Lipinski definition) is 0. The summed E-state index contributed by atoms with van der Waals surface area (Å²) in [7, 11) is -1.72. The third kappa shape index (κ3) is 3.51. The molecule has 0 N–H and O–H groups in total. The van der Waals surface area contributed by atoms with Crippen LogP contribution in [0.25, 0.3) is 0 Å². The summed E-state index contributed by atoms with van der Waals surface area (Å²) in [4.78, 5) is 0. The molecular weight excluding hydrogens is 252 g/mol. The van der Waals surface area contributed by atoms with Gasteiger partial charge in [0, 0.05) is 6.61 Å². The lowest BCUT2D eigenvalue weighted by Gasteiger charge is -2.37. The Morgan fingerprint density at radius 3 is 2.32 bits per heavy atom. The highest BCUT2D eigenvalue weighted by molar-refractivity contribution is 6.74. The smallest absolute Gasteiger partial charge is 0.191 e. The van der Waals surface area contributed by atoms with E-state index in [2.05, 4.69) is 46.9 Å². The van der Waals surface area contributed by atoms with Crippen molar-refractivity contribution in [2.24, 2.45) is 5.41 Å². The SMILES string of the molecule is [CH2]CC1(CCO[Si](C)(C)C(C)(C)C)C=C(C)C=C1[O]. The van der Waals surface area contributed by atoms with Crippen molar-refractivity contribution < 1.29 is 9.53 Å². The summed E-state index contributed by atoms with van der Waals surface area (Å²) in [6, 6.07) is 0. The molecule has 108 valence electrons. The molecule has 0 aromatic heterocycles. The second-order valence-corrected chi connectivity index (χ2v) is 12.0. The maximum atomic E-state index is 12.1. The van der Waals surface area contributed by atoms with Gasteiger partial charge in [-0.3, -0.25) is 5.11 Å². The van der Waals surface area contributed by atoms with Crippen LogP contribution in [0.5, 0.6) is 0 Å². The average molecular weight is 280 g/mol. The molecule has 1 aliphatic rings. The van der Waals surface area contributed by atoms with Crippen LogP contribution in [-0.4, -0.2) is 14.9 Å². The van der Waals surface area contributed by atoms with E-state index in [1.54, 1.807) is 6.08 Å². The molecule has 0 aromatic rings. The number of allylic oxidation sites excluding steroid dienone is 3. The number of rotatable bonds is 5. The second-order valence-electron chi connectivity index (χ2n) is 7.16. The Balaban J connectivity index is 2.65. The van der Waals surface area contributed by atoms with Crippen LogP contribution in [0.15, 0.2) is 23.5 Å². The Hall–Kier alpha value is -0.543. The van der Waals surface area contributed by atoms with E-state index in [1.165, 1.54) is 0 Å². The third-order valence-corrected chi connectivity index (χ3v) is 9.16. The first-order valence-corrected chi connectivity index (χ1v) is 9.97.